The van der Waals surface area contributed by atoms with Crippen LogP contribution in [0.3, 0.4) is 0 Å². The van der Waals surface area contributed by atoms with Crippen molar-refractivity contribution in [3.63, 3.8) is 0 Å². The average Bonchev–Trinajstić information content (AvgIpc) is 3.54. The van der Waals surface area contributed by atoms with Crippen LogP contribution in [0.15, 0.2) is 97.1 Å². The molecule has 0 bridgehead atoms. The van der Waals surface area contributed by atoms with Crippen molar-refractivity contribution in [1.82, 2.24) is 15.2 Å². The van der Waals surface area contributed by atoms with Crippen molar-refractivity contribution < 1.29 is 23.5 Å². The topological polar surface area (TPSA) is 94.7 Å². The fourth-order valence-electron chi connectivity index (χ4n) is 6.36. The first-order valence-corrected chi connectivity index (χ1v) is 14.5. The van der Waals surface area contributed by atoms with Gasteiger partial charge in [0.05, 0.1) is 18.4 Å². The summed E-state index contributed by atoms with van der Waals surface area (Å²) >= 11 is 0. The van der Waals surface area contributed by atoms with Gasteiger partial charge in [0.15, 0.2) is 0 Å². The number of para-hydroxylation sites is 2. The highest BCUT2D eigenvalue weighted by Crippen LogP contribution is 2.45. The molecule has 220 valence electrons. The molecule has 9 heteroatoms. The molecule has 7 rings (SSSR count). The first-order chi connectivity index (χ1) is 21.4. The van der Waals surface area contributed by atoms with E-state index in [-0.39, 0.29) is 17.2 Å². The molecule has 44 heavy (non-hydrogen) atoms. The van der Waals surface area contributed by atoms with Crippen molar-refractivity contribution in [2.24, 2.45) is 0 Å². The maximum absolute atomic E-state index is 14.3. The van der Waals surface area contributed by atoms with Crippen molar-refractivity contribution in [2.75, 3.05) is 18.6 Å². The molecule has 1 aromatic heterocycles. The Labute approximate surface area is 253 Å². The van der Waals surface area contributed by atoms with Crippen LogP contribution in [0.5, 0.6) is 5.75 Å². The van der Waals surface area contributed by atoms with Gasteiger partial charge in [-0.2, -0.15) is 0 Å². The predicted molar refractivity (Wildman–Crippen MR) is 164 cm³/mol. The number of methoxy groups -OCH3 is 1. The molecule has 0 aliphatic carbocycles. The molecule has 8 nitrogen and oxygen atoms in total. The van der Waals surface area contributed by atoms with Gasteiger partial charge in [-0.15, -0.1) is 0 Å². The smallest absolute Gasteiger partial charge is 0.332 e. The third-order valence-electron chi connectivity index (χ3n) is 8.48. The molecule has 0 spiro atoms. The summed E-state index contributed by atoms with van der Waals surface area (Å²) in [5.41, 5.74) is 4.81. The highest BCUT2D eigenvalue weighted by Gasteiger charge is 2.53. The number of fused-ring (bicyclic) bond motifs is 4. The summed E-state index contributed by atoms with van der Waals surface area (Å²) in [5.74, 6) is -0.428. The molecular weight excluding hydrogens is 559 g/mol. The lowest BCUT2D eigenvalue weighted by Gasteiger charge is -2.36. The van der Waals surface area contributed by atoms with Gasteiger partial charge >= 0.3 is 6.03 Å². The van der Waals surface area contributed by atoms with Crippen molar-refractivity contribution in [3.8, 4) is 5.75 Å². The van der Waals surface area contributed by atoms with E-state index in [4.69, 9.17) is 4.74 Å². The lowest BCUT2D eigenvalue weighted by Crippen LogP contribution is -2.44. The third-order valence-corrected chi connectivity index (χ3v) is 8.48. The second kappa shape index (κ2) is 11.0. The third kappa shape index (κ3) is 4.57. The molecule has 2 aliphatic rings. The number of amides is 4. The molecule has 0 unspecified atom stereocenters. The Morgan fingerprint density at radius 2 is 1.68 bits per heavy atom. The van der Waals surface area contributed by atoms with Crippen LogP contribution in [-0.2, 0) is 17.6 Å². The quantitative estimate of drug-likeness (QED) is 0.236. The van der Waals surface area contributed by atoms with Crippen molar-refractivity contribution in [2.45, 2.75) is 24.9 Å². The minimum absolute atomic E-state index is 0.227. The second-order valence-corrected chi connectivity index (χ2v) is 11.0. The molecular formula is C35H29FN4O4. The molecule has 5 aromatic rings. The molecule has 1 fully saturated rings. The maximum Gasteiger partial charge on any atom is 0.332 e. The largest absolute Gasteiger partial charge is 0.497 e. The maximum atomic E-state index is 14.3. The van der Waals surface area contributed by atoms with Crippen molar-refractivity contribution in [1.29, 1.82) is 0 Å². The summed E-state index contributed by atoms with van der Waals surface area (Å²) in [6.07, 6.45) is 0.911. The van der Waals surface area contributed by atoms with Gasteiger partial charge in [0, 0.05) is 29.6 Å². The lowest BCUT2D eigenvalue weighted by molar-refractivity contribution is -0.120. The van der Waals surface area contributed by atoms with Crippen LogP contribution < -0.4 is 15.0 Å². The Morgan fingerprint density at radius 1 is 0.955 bits per heavy atom. The monoisotopic (exact) mass is 588 g/mol. The van der Waals surface area contributed by atoms with Gasteiger partial charge in [0.25, 0.3) is 11.8 Å². The van der Waals surface area contributed by atoms with Crippen LogP contribution in [-0.4, -0.2) is 47.4 Å². The normalized spacial score (nSPS) is 17.5. The van der Waals surface area contributed by atoms with Gasteiger partial charge in [0.1, 0.15) is 23.7 Å². The zero-order chi connectivity index (χ0) is 30.4. The van der Waals surface area contributed by atoms with Crippen LogP contribution in [0.4, 0.5) is 14.9 Å². The Morgan fingerprint density at radius 3 is 2.45 bits per heavy atom. The van der Waals surface area contributed by atoms with Gasteiger partial charge in [-0.1, -0.05) is 54.6 Å². The SMILES string of the molecule is COc1ccc(CCNC(=O)c2ccccc2N2C(=O)[C@@H]3Cc4c([nH]c5ccccc45)[C@@H](c4ccc(F)cc4)N3C2=O)cc1. The van der Waals surface area contributed by atoms with Crippen LogP contribution >= 0.6 is 0 Å². The molecule has 2 atom stereocenters. The highest BCUT2D eigenvalue weighted by atomic mass is 19.1. The highest BCUT2D eigenvalue weighted by molar-refractivity contribution is 6.24. The predicted octanol–water partition coefficient (Wildman–Crippen LogP) is 5.77. The van der Waals surface area contributed by atoms with Crippen LogP contribution in [0, 0.1) is 5.82 Å². The van der Waals surface area contributed by atoms with Crippen molar-refractivity contribution in [3.05, 3.63) is 131 Å². The number of nitrogens with zero attached hydrogens (tertiary/aromatic N) is 2. The van der Waals surface area contributed by atoms with Crippen LogP contribution in [0.25, 0.3) is 10.9 Å². The van der Waals surface area contributed by atoms with E-state index in [1.165, 1.54) is 12.1 Å². The Balaban J connectivity index is 1.21. The summed E-state index contributed by atoms with van der Waals surface area (Å²) in [6.45, 7) is 0.366. The van der Waals surface area contributed by atoms with Crippen LogP contribution in [0.2, 0.25) is 0 Å². The van der Waals surface area contributed by atoms with Gasteiger partial charge in [-0.05, 0) is 65.6 Å². The first-order valence-electron chi connectivity index (χ1n) is 14.5. The lowest BCUT2D eigenvalue weighted by atomic mass is 9.89. The second-order valence-electron chi connectivity index (χ2n) is 11.0. The number of hydrogen-bond acceptors (Lipinski definition) is 4. The zero-order valence-electron chi connectivity index (χ0n) is 23.9. The number of rotatable bonds is 7. The number of urea groups is 1. The number of carbonyl (C=O) groups is 3. The average molecular weight is 589 g/mol. The van der Waals surface area contributed by atoms with E-state index in [9.17, 15) is 18.8 Å². The molecule has 0 saturated carbocycles. The van der Waals surface area contributed by atoms with Gasteiger partial charge in [-0.25, -0.2) is 14.1 Å². The molecule has 4 aromatic carbocycles. The van der Waals surface area contributed by atoms with E-state index in [2.05, 4.69) is 10.3 Å². The molecule has 4 amide bonds. The van der Waals surface area contributed by atoms with Gasteiger partial charge in [0.2, 0.25) is 0 Å². The summed E-state index contributed by atoms with van der Waals surface area (Å²) in [6, 6.07) is 26.1. The fraction of sp³-hybridized carbons (Fsp3) is 0.171. The number of halogens is 1. The Bertz CT molecular complexity index is 1900. The zero-order valence-corrected chi connectivity index (χ0v) is 23.9. The van der Waals surface area contributed by atoms with E-state index >= 15 is 0 Å². The Kier molecular flexibility index (Phi) is 6.85. The number of aromatic amines is 1. The number of ether oxygens (including phenoxy) is 1. The number of carbonyl (C=O) groups excluding carboxylic acids is 3. The summed E-state index contributed by atoms with van der Waals surface area (Å²) < 4.78 is 19.2. The number of H-pyrrole nitrogens is 1. The molecule has 3 heterocycles. The number of hydrogen-bond donors (Lipinski definition) is 2. The van der Waals surface area contributed by atoms with Gasteiger partial charge in [-0.3, -0.25) is 14.5 Å². The number of anilines is 1. The minimum atomic E-state index is -0.796. The minimum Gasteiger partial charge on any atom is -0.497 e. The van der Waals surface area contributed by atoms with E-state index in [0.29, 0.717) is 24.9 Å². The standard InChI is InChI=1S/C35H29FN4O4/c1-44-24-16-10-21(11-17-24)18-19-37-33(41)26-7-3-5-9-29(26)40-34(42)30-20-27-25-6-2-4-8-28(25)38-31(27)32(39(30)35(40)43)22-12-14-23(36)15-13-22/h2-17,30,32,38H,18-20H2,1H3,(H,37,41)/t30-,32+/m0/s1. The van der Waals surface area contributed by atoms with E-state index in [1.807, 2.05) is 48.5 Å². The molecule has 2 N–H and O–H groups in total. The number of nitrogens with one attached hydrogen (secondary N) is 2. The summed E-state index contributed by atoms with van der Waals surface area (Å²) in [5, 5.41) is 3.91. The van der Waals surface area contributed by atoms with Crippen molar-refractivity contribution >= 4 is 34.4 Å². The molecule has 1 saturated heterocycles. The van der Waals surface area contributed by atoms with E-state index < -0.39 is 29.8 Å². The van der Waals surface area contributed by atoms with E-state index in [1.54, 1.807) is 48.4 Å². The summed E-state index contributed by atoms with van der Waals surface area (Å²) in [4.78, 5) is 47.9. The summed E-state index contributed by atoms with van der Waals surface area (Å²) in [7, 11) is 1.61. The molecule has 0 radical (unpaired) electrons. The fourth-order valence-corrected chi connectivity index (χ4v) is 6.36. The molecule has 2 aliphatic heterocycles. The van der Waals surface area contributed by atoms with Crippen LogP contribution in [0.1, 0.15) is 38.8 Å². The Hall–Kier alpha value is -5.44. The number of benzene rings is 4. The van der Waals surface area contributed by atoms with Gasteiger partial charge < -0.3 is 15.0 Å². The van der Waals surface area contributed by atoms with E-state index in [0.717, 1.165) is 38.4 Å². The number of imide groups is 1. The number of aromatic nitrogens is 1. The first kappa shape index (κ1) is 27.4.